The molecule has 0 aliphatic heterocycles. The quantitative estimate of drug-likeness (QED) is 0.502. The minimum atomic E-state index is -0.181. The van der Waals surface area contributed by atoms with Gasteiger partial charge in [0.2, 0.25) is 5.89 Å². The molecule has 2 aliphatic rings. The number of nitrogens with zero attached hydrogens (tertiary/aromatic N) is 6. The normalized spacial score (nSPS) is 24.8. The van der Waals surface area contributed by atoms with Crippen molar-refractivity contribution in [2.75, 3.05) is 0 Å². The highest BCUT2D eigenvalue weighted by molar-refractivity contribution is 5.68. The van der Waals surface area contributed by atoms with Crippen LogP contribution in [-0.4, -0.2) is 35.3 Å². The molecule has 2 aliphatic carbocycles. The standard InChI is InChI=1S/C21H20N6O3/c1-26-10-22-20-18(26)21(28)27(11-23-20)9-15-24-19(25-30-15)17-13-7-8-14(16(13)17)29-12-5-3-2-4-6-12/h2-6,10-11,13-14,16-17H,7-9H2,1H3. The average molecular weight is 404 g/mol. The van der Waals surface area contributed by atoms with E-state index in [4.69, 9.17) is 9.26 Å². The van der Waals surface area contributed by atoms with Crippen LogP contribution in [0, 0.1) is 11.8 Å². The van der Waals surface area contributed by atoms with E-state index in [0.717, 1.165) is 18.6 Å². The van der Waals surface area contributed by atoms with E-state index in [1.807, 2.05) is 30.3 Å². The molecule has 4 unspecified atom stereocenters. The summed E-state index contributed by atoms with van der Waals surface area (Å²) in [5.41, 5.74) is 0.703. The Hall–Kier alpha value is -3.49. The highest BCUT2D eigenvalue weighted by atomic mass is 16.5. The van der Waals surface area contributed by atoms with Crippen LogP contribution in [0.25, 0.3) is 11.2 Å². The Bertz CT molecular complexity index is 1280. The number of fused-ring (bicyclic) bond motifs is 2. The lowest BCUT2D eigenvalue weighted by molar-refractivity contribution is 0.181. The van der Waals surface area contributed by atoms with Crippen molar-refractivity contribution in [2.45, 2.75) is 31.4 Å². The monoisotopic (exact) mass is 404 g/mol. The second-order valence-corrected chi connectivity index (χ2v) is 8.07. The molecule has 2 fully saturated rings. The van der Waals surface area contributed by atoms with E-state index in [-0.39, 0.29) is 24.1 Å². The van der Waals surface area contributed by atoms with Gasteiger partial charge in [0, 0.05) is 18.9 Å². The lowest BCUT2D eigenvalue weighted by atomic mass is 10.1. The molecule has 30 heavy (non-hydrogen) atoms. The second-order valence-electron chi connectivity index (χ2n) is 8.07. The van der Waals surface area contributed by atoms with Crippen molar-refractivity contribution in [2.24, 2.45) is 18.9 Å². The van der Waals surface area contributed by atoms with E-state index in [0.29, 0.717) is 34.7 Å². The number of para-hydroxylation sites is 1. The Morgan fingerprint density at radius 1 is 1.17 bits per heavy atom. The Morgan fingerprint density at radius 3 is 2.87 bits per heavy atom. The minimum absolute atomic E-state index is 0.181. The molecule has 9 heteroatoms. The molecule has 0 N–H and O–H groups in total. The second kappa shape index (κ2) is 6.51. The number of benzene rings is 1. The van der Waals surface area contributed by atoms with Gasteiger partial charge in [0.05, 0.1) is 6.33 Å². The number of ether oxygens (including phenoxy) is 1. The lowest BCUT2D eigenvalue weighted by Crippen LogP contribution is -2.22. The molecule has 0 bridgehead atoms. The summed E-state index contributed by atoms with van der Waals surface area (Å²) in [6.45, 7) is 0.186. The first-order valence-electron chi connectivity index (χ1n) is 10.1. The zero-order chi connectivity index (χ0) is 20.2. The number of hydrogen-bond acceptors (Lipinski definition) is 7. The van der Waals surface area contributed by atoms with Crippen LogP contribution in [0.15, 0.2) is 52.3 Å². The van der Waals surface area contributed by atoms with Crippen LogP contribution < -0.4 is 10.3 Å². The molecule has 6 rings (SSSR count). The minimum Gasteiger partial charge on any atom is -0.490 e. The number of imidazole rings is 1. The van der Waals surface area contributed by atoms with Crippen LogP contribution in [-0.2, 0) is 13.6 Å². The third-order valence-electron chi connectivity index (χ3n) is 6.26. The fourth-order valence-electron chi connectivity index (χ4n) is 4.80. The van der Waals surface area contributed by atoms with Gasteiger partial charge in [-0.3, -0.25) is 9.36 Å². The van der Waals surface area contributed by atoms with Crippen molar-refractivity contribution >= 4 is 11.2 Å². The Kier molecular flexibility index (Phi) is 3.77. The van der Waals surface area contributed by atoms with Crippen LogP contribution in [0.1, 0.15) is 30.5 Å². The van der Waals surface area contributed by atoms with Crippen LogP contribution in [0.4, 0.5) is 0 Å². The fourth-order valence-corrected chi connectivity index (χ4v) is 4.80. The summed E-state index contributed by atoms with van der Waals surface area (Å²) < 4.78 is 14.8. The molecule has 1 aromatic carbocycles. The van der Waals surface area contributed by atoms with Gasteiger partial charge in [0.1, 0.15) is 24.7 Å². The zero-order valence-corrected chi connectivity index (χ0v) is 16.4. The van der Waals surface area contributed by atoms with E-state index in [9.17, 15) is 4.79 Å². The largest absolute Gasteiger partial charge is 0.490 e. The third kappa shape index (κ3) is 2.72. The predicted molar refractivity (Wildman–Crippen MR) is 106 cm³/mol. The molecule has 3 heterocycles. The Morgan fingerprint density at radius 2 is 2.00 bits per heavy atom. The van der Waals surface area contributed by atoms with Gasteiger partial charge in [-0.05, 0) is 30.9 Å². The zero-order valence-electron chi connectivity index (χ0n) is 16.4. The molecule has 0 amide bonds. The van der Waals surface area contributed by atoms with Crippen molar-refractivity contribution in [1.29, 1.82) is 0 Å². The Labute approximate surface area is 171 Å². The van der Waals surface area contributed by atoms with Crippen LogP contribution in [0.5, 0.6) is 5.75 Å². The van der Waals surface area contributed by atoms with Crippen LogP contribution in [0.3, 0.4) is 0 Å². The van der Waals surface area contributed by atoms with E-state index < -0.39 is 0 Å². The van der Waals surface area contributed by atoms with Gasteiger partial charge in [-0.15, -0.1) is 0 Å². The molecule has 0 saturated heterocycles. The first kappa shape index (κ1) is 17.4. The molecular formula is C21H20N6O3. The van der Waals surface area contributed by atoms with Crippen molar-refractivity contribution in [1.82, 2.24) is 29.2 Å². The van der Waals surface area contributed by atoms with Gasteiger partial charge < -0.3 is 13.8 Å². The molecule has 0 spiro atoms. The molecule has 152 valence electrons. The summed E-state index contributed by atoms with van der Waals surface area (Å²) in [6.07, 6.45) is 5.39. The highest BCUT2D eigenvalue weighted by Crippen LogP contribution is 2.63. The summed E-state index contributed by atoms with van der Waals surface area (Å²) in [5.74, 6) is 3.24. The van der Waals surface area contributed by atoms with E-state index >= 15 is 0 Å². The van der Waals surface area contributed by atoms with Gasteiger partial charge in [-0.2, -0.15) is 4.98 Å². The van der Waals surface area contributed by atoms with Crippen molar-refractivity contribution in [3.05, 3.63) is 65.1 Å². The van der Waals surface area contributed by atoms with Gasteiger partial charge in [-0.1, -0.05) is 23.4 Å². The number of aryl methyl sites for hydroxylation is 1. The van der Waals surface area contributed by atoms with Crippen LogP contribution in [0.2, 0.25) is 0 Å². The van der Waals surface area contributed by atoms with Crippen LogP contribution >= 0.6 is 0 Å². The fraction of sp³-hybridized carbons (Fsp3) is 0.381. The predicted octanol–water partition coefficient (Wildman–Crippen LogP) is 2.13. The summed E-state index contributed by atoms with van der Waals surface area (Å²) in [4.78, 5) is 25.6. The summed E-state index contributed by atoms with van der Waals surface area (Å²) in [7, 11) is 1.77. The highest BCUT2D eigenvalue weighted by Gasteiger charge is 2.61. The number of rotatable bonds is 5. The molecule has 9 nitrogen and oxygen atoms in total. The summed E-state index contributed by atoms with van der Waals surface area (Å²) >= 11 is 0. The summed E-state index contributed by atoms with van der Waals surface area (Å²) in [5, 5.41) is 4.20. The van der Waals surface area contributed by atoms with Gasteiger partial charge >= 0.3 is 0 Å². The average Bonchev–Trinajstić information content (AvgIpc) is 3.09. The maximum Gasteiger partial charge on any atom is 0.280 e. The first-order chi connectivity index (χ1) is 14.7. The lowest BCUT2D eigenvalue weighted by Gasteiger charge is -2.16. The molecule has 4 atom stereocenters. The van der Waals surface area contributed by atoms with Gasteiger partial charge in [0.25, 0.3) is 5.56 Å². The SMILES string of the molecule is Cn1cnc2ncn(Cc3nc(C4C5CCC(Oc6ccccc6)C54)no3)c(=O)c21. The van der Waals surface area contributed by atoms with Crippen molar-refractivity contribution in [3.8, 4) is 5.75 Å². The number of aromatic nitrogens is 6. The molecule has 4 aromatic rings. The van der Waals surface area contributed by atoms with Crippen molar-refractivity contribution in [3.63, 3.8) is 0 Å². The van der Waals surface area contributed by atoms with E-state index in [1.165, 1.54) is 10.9 Å². The molecule has 0 radical (unpaired) electrons. The number of hydrogen-bond donors (Lipinski definition) is 0. The molecular weight excluding hydrogens is 384 g/mol. The maximum atomic E-state index is 12.7. The maximum absolute atomic E-state index is 12.7. The molecule has 3 aromatic heterocycles. The summed E-state index contributed by atoms with van der Waals surface area (Å²) in [6, 6.07) is 9.93. The molecule has 2 saturated carbocycles. The van der Waals surface area contributed by atoms with Gasteiger partial charge in [0.15, 0.2) is 17.0 Å². The van der Waals surface area contributed by atoms with Crippen molar-refractivity contribution < 1.29 is 9.26 Å². The van der Waals surface area contributed by atoms with E-state index in [1.54, 1.807) is 17.9 Å². The smallest absolute Gasteiger partial charge is 0.280 e. The Balaban J connectivity index is 1.19. The van der Waals surface area contributed by atoms with E-state index in [2.05, 4.69) is 20.1 Å². The van der Waals surface area contributed by atoms with Gasteiger partial charge in [-0.25, -0.2) is 9.97 Å². The topological polar surface area (TPSA) is 101 Å². The third-order valence-corrected chi connectivity index (χ3v) is 6.26. The first-order valence-corrected chi connectivity index (χ1v) is 10.1.